The van der Waals surface area contributed by atoms with Gasteiger partial charge in [-0.15, -0.1) is 0 Å². The van der Waals surface area contributed by atoms with Gasteiger partial charge in [-0.25, -0.2) is 0 Å². The molecule has 6 heteroatoms. The number of ether oxygens (including phenoxy) is 3. The van der Waals surface area contributed by atoms with E-state index < -0.39 is 6.10 Å². The number of carbonyl (C=O) groups excluding carboxylic acids is 3. The molecular formula is C61H118O6. The molecule has 0 rings (SSSR count). The van der Waals surface area contributed by atoms with Crippen molar-refractivity contribution in [1.29, 1.82) is 0 Å². The number of carbonyl (C=O) groups is 3. The Balaban J connectivity index is 4.29. The number of rotatable bonds is 55. The van der Waals surface area contributed by atoms with Crippen molar-refractivity contribution in [2.24, 2.45) is 11.8 Å². The first-order valence-electron chi connectivity index (χ1n) is 30.2. The number of unbranched alkanes of at least 4 members (excludes halogenated alkanes) is 40. The lowest BCUT2D eigenvalue weighted by Gasteiger charge is -2.18. The quantitative estimate of drug-likeness (QED) is 0.0343. The van der Waals surface area contributed by atoms with Crippen LogP contribution in [0.3, 0.4) is 0 Å². The molecule has 67 heavy (non-hydrogen) atoms. The highest BCUT2D eigenvalue weighted by atomic mass is 16.6. The molecule has 0 bridgehead atoms. The van der Waals surface area contributed by atoms with Gasteiger partial charge >= 0.3 is 17.9 Å². The second-order valence-electron chi connectivity index (χ2n) is 21.9. The van der Waals surface area contributed by atoms with E-state index in [1.165, 1.54) is 231 Å². The SMILES string of the molecule is CCCCCCCCCCCCCCCCCCCCC(=O)OC[C@H](COC(=O)CCCCCCCCCCCCCCC(C)C)OC(=O)CCCCCCCCCCCCCCCC(C)C. The maximum absolute atomic E-state index is 12.9. The standard InChI is InChI=1S/C61H118O6/c1-6-7-8-9-10-11-12-13-14-15-16-17-20-26-31-36-41-46-51-59(62)65-54-58(55-66-60(63)52-47-42-37-32-27-23-22-25-30-35-40-45-50-57(4)5)67-61(64)53-48-43-38-33-28-21-18-19-24-29-34-39-44-49-56(2)3/h56-58H,6-55H2,1-5H3/t58-/m1/s1. The van der Waals surface area contributed by atoms with Crippen molar-refractivity contribution >= 4 is 17.9 Å². The average Bonchev–Trinajstić information content (AvgIpc) is 3.30. The van der Waals surface area contributed by atoms with Crippen molar-refractivity contribution in [3.8, 4) is 0 Å². The maximum Gasteiger partial charge on any atom is 0.306 e. The van der Waals surface area contributed by atoms with Gasteiger partial charge in [0.05, 0.1) is 0 Å². The highest BCUT2D eigenvalue weighted by Gasteiger charge is 2.19. The van der Waals surface area contributed by atoms with E-state index in [1.54, 1.807) is 0 Å². The molecule has 6 nitrogen and oxygen atoms in total. The summed E-state index contributed by atoms with van der Waals surface area (Å²) in [5, 5.41) is 0. The van der Waals surface area contributed by atoms with Crippen LogP contribution in [0.4, 0.5) is 0 Å². The maximum atomic E-state index is 12.9. The molecule has 0 aliphatic rings. The lowest BCUT2D eigenvalue weighted by molar-refractivity contribution is -0.167. The van der Waals surface area contributed by atoms with Crippen molar-refractivity contribution in [3.63, 3.8) is 0 Å². The lowest BCUT2D eigenvalue weighted by atomic mass is 10.0. The normalized spacial score (nSPS) is 12.0. The van der Waals surface area contributed by atoms with Crippen LogP contribution in [0.15, 0.2) is 0 Å². The topological polar surface area (TPSA) is 78.9 Å². The Labute approximate surface area is 418 Å². The molecule has 0 aliphatic heterocycles. The predicted octanol–water partition coefficient (Wildman–Crippen LogP) is 20.0. The highest BCUT2D eigenvalue weighted by molar-refractivity contribution is 5.71. The Morgan fingerprint density at radius 3 is 0.731 bits per heavy atom. The molecule has 1 atom stereocenters. The zero-order valence-electron chi connectivity index (χ0n) is 46.0. The van der Waals surface area contributed by atoms with Crippen LogP contribution in [-0.2, 0) is 28.6 Å². The summed E-state index contributed by atoms with van der Waals surface area (Å²) < 4.78 is 16.9. The largest absolute Gasteiger partial charge is 0.462 e. The van der Waals surface area contributed by atoms with E-state index in [2.05, 4.69) is 34.6 Å². The van der Waals surface area contributed by atoms with Gasteiger partial charge in [-0.1, -0.05) is 304 Å². The first kappa shape index (κ1) is 65.4. The van der Waals surface area contributed by atoms with Crippen LogP contribution in [0, 0.1) is 11.8 Å². The molecule has 0 aromatic heterocycles. The molecule has 398 valence electrons. The van der Waals surface area contributed by atoms with Crippen LogP contribution in [0.1, 0.15) is 343 Å². The van der Waals surface area contributed by atoms with Gasteiger partial charge in [-0.05, 0) is 31.1 Å². The molecule has 0 saturated carbocycles. The molecule has 0 N–H and O–H groups in total. The van der Waals surface area contributed by atoms with Crippen LogP contribution in [0.2, 0.25) is 0 Å². The Morgan fingerprint density at radius 2 is 0.493 bits per heavy atom. The minimum absolute atomic E-state index is 0.0623. The molecule has 0 unspecified atom stereocenters. The van der Waals surface area contributed by atoms with Crippen LogP contribution in [-0.4, -0.2) is 37.2 Å². The summed E-state index contributed by atoms with van der Waals surface area (Å²) >= 11 is 0. The number of hydrogen-bond donors (Lipinski definition) is 0. The molecule has 0 fully saturated rings. The summed E-state index contributed by atoms with van der Waals surface area (Å²) in [6.07, 6.45) is 58.1. The Kier molecular flexibility index (Phi) is 52.5. The van der Waals surface area contributed by atoms with E-state index in [-0.39, 0.29) is 31.1 Å². The molecule has 0 heterocycles. The second-order valence-corrected chi connectivity index (χ2v) is 21.9. The van der Waals surface area contributed by atoms with Crippen LogP contribution in [0.5, 0.6) is 0 Å². The molecule has 0 aromatic rings. The molecular weight excluding hydrogens is 829 g/mol. The van der Waals surface area contributed by atoms with Gasteiger partial charge in [0.15, 0.2) is 6.10 Å². The van der Waals surface area contributed by atoms with Crippen molar-refractivity contribution in [2.45, 2.75) is 349 Å². The van der Waals surface area contributed by atoms with Crippen LogP contribution >= 0.6 is 0 Å². The fraction of sp³-hybridized carbons (Fsp3) is 0.951. The van der Waals surface area contributed by atoms with Crippen molar-refractivity contribution < 1.29 is 28.6 Å². The first-order chi connectivity index (χ1) is 32.7. The van der Waals surface area contributed by atoms with Gasteiger partial charge in [-0.3, -0.25) is 14.4 Å². The van der Waals surface area contributed by atoms with Crippen molar-refractivity contribution in [2.75, 3.05) is 13.2 Å². The Morgan fingerprint density at radius 1 is 0.284 bits per heavy atom. The fourth-order valence-electron chi connectivity index (χ4n) is 9.40. The summed E-state index contributed by atoms with van der Waals surface area (Å²) in [7, 11) is 0. The van der Waals surface area contributed by atoms with Gasteiger partial charge < -0.3 is 14.2 Å². The van der Waals surface area contributed by atoms with E-state index in [1.807, 2.05) is 0 Å². The van der Waals surface area contributed by atoms with E-state index in [9.17, 15) is 14.4 Å². The third kappa shape index (κ3) is 55.2. The zero-order chi connectivity index (χ0) is 48.9. The second kappa shape index (κ2) is 53.8. The minimum atomic E-state index is -0.763. The molecule has 0 amide bonds. The van der Waals surface area contributed by atoms with Gasteiger partial charge in [0.25, 0.3) is 0 Å². The number of esters is 3. The monoisotopic (exact) mass is 947 g/mol. The highest BCUT2D eigenvalue weighted by Crippen LogP contribution is 2.18. The molecule has 0 spiro atoms. The smallest absolute Gasteiger partial charge is 0.306 e. The Bertz CT molecular complexity index is 1020. The minimum Gasteiger partial charge on any atom is -0.462 e. The molecule has 0 aliphatic carbocycles. The van der Waals surface area contributed by atoms with E-state index >= 15 is 0 Å². The van der Waals surface area contributed by atoms with Gasteiger partial charge in [-0.2, -0.15) is 0 Å². The van der Waals surface area contributed by atoms with Crippen molar-refractivity contribution in [1.82, 2.24) is 0 Å². The summed E-state index contributed by atoms with van der Waals surface area (Å²) in [6.45, 7) is 11.4. The van der Waals surface area contributed by atoms with E-state index in [0.29, 0.717) is 19.3 Å². The van der Waals surface area contributed by atoms with E-state index in [0.717, 1.165) is 69.6 Å². The molecule has 0 aromatic carbocycles. The fourth-order valence-corrected chi connectivity index (χ4v) is 9.40. The first-order valence-corrected chi connectivity index (χ1v) is 30.2. The molecule has 0 radical (unpaired) electrons. The van der Waals surface area contributed by atoms with Crippen molar-refractivity contribution in [3.05, 3.63) is 0 Å². The summed E-state index contributed by atoms with van der Waals surface area (Å²) in [6, 6.07) is 0. The third-order valence-corrected chi connectivity index (χ3v) is 14.0. The van der Waals surface area contributed by atoms with Crippen LogP contribution in [0.25, 0.3) is 0 Å². The summed E-state index contributed by atoms with van der Waals surface area (Å²) in [5.74, 6) is 0.836. The Hall–Kier alpha value is -1.59. The summed E-state index contributed by atoms with van der Waals surface area (Å²) in [4.78, 5) is 38.2. The lowest BCUT2D eigenvalue weighted by Crippen LogP contribution is -2.30. The van der Waals surface area contributed by atoms with Gasteiger partial charge in [0.1, 0.15) is 13.2 Å². The average molecular weight is 948 g/mol. The van der Waals surface area contributed by atoms with Gasteiger partial charge in [0, 0.05) is 19.3 Å². The third-order valence-electron chi connectivity index (χ3n) is 14.0. The summed E-state index contributed by atoms with van der Waals surface area (Å²) in [5.41, 5.74) is 0. The zero-order valence-corrected chi connectivity index (χ0v) is 46.0. The van der Waals surface area contributed by atoms with Gasteiger partial charge in [0.2, 0.25) is 0 Å². The van der Waals surface area contributed by atoms with E-state index in [4.69, 9.17) is 14.2 Å². The predicted molar refractivity (Wildman–Crippen MR) is 289 cm³/mol. The molecule has 0 saturated heterocycles. The number of hydrogen-bond acceptors (Lipinski definition) is 6. The van der Waals surface area contributed by atoms with Crippen LogP contribution < -0.4 is 0 Å².